The Morgan fingerprint density at radius 3 is 1.61 bits per heavy atom. The monoisotopic (exact) mass is 1350 g/mol. The number of carbonyl (C=O) groups excluding carboxylic acids is 2. The van der Waals surface area contributed by atoms with Gasteiger partial charge in [0.1, 0.15) is 24.5 Å². The number of nitrogens with zero attached hydrogens (tertiary/aromatic N) is 5. The van der Waals surface area contributed by atoms with E-state index in [-0.39, 0.29) is 5.69 Å². The molecule has 5 aromatic carbocycles. The Hall–Kier alpha value is -7.70. The molecule has 0 saturated carbocycles. The number of fused-ring (bicyclic) bond motifs is 3. The van der Waals surface area contributed by atoms with Crippen LogP contribution in [0.3, 0.4) is 0 Å². The maximum atomic E-state index is 14.5. The summed E-state index contributed by atoms with van der Waals surface area (Å²) >= 11 is 6.22. The molecule has 1 heterocycles. The fourth-order valence-electron chi connectivity index (χ4n) is 7.98. The maximum absolute atomic E-state index is 14.5. The number of rotatable bonds is 19. The molecule has 2 aliphatic rings. The van der Waals surface area contributed by atoms with Gasteiger partial charge in [0.05, 0.1) is 56.0 Å². The third-order valence-corrected chi connectivity index (χ3v) is 19.1. The maximum Gasteiger partial charge on any atom is 0.397 e. The van der Waals surface area contributed by atoms with Crippen LogP contribution in [0.4, 0.5) is 34.6 Å². The first-order chi connectivity index (χ1) is 39.0. The molecule has 0 aliphatic heterocycles. The number of sulfone groups is 1. The summed E-state index contributed by atoms with van der Waals surface area (Å²) in [4.78, 5) is 33.1. The van der Waals surface area contributed by atoms with Crippen molar-refractivity contribution in [1.29, 1.82) is 0 Å². The predicted octanol–water partition coefficient (Wildman–Crippen LogP) is 2.53. The van der Waals surface area contributed by atoms with E-state index in [1.54, 1.807) is 0 Å². The number of ketones is 2. The first kappa shape index (κ1) is 63.3. The molecule has 6 aromatic rings. The normalized spacial score (nSPS) is 15.5. The van der Waals surface area contributed by atoms with Crippen molar-refractivity contribution in [1.82, 2.24) is 15.0 Å². The SMILES string of the molecule is O=C1C(=NNc2ccc3c(S(=O)(=O)O)cccc3c2S(=O)(=O)O)C(S(=O)(=O)O)=Cc2cc(S(=O)(=O)O)cc(Nc3nc(Cl)nc(Nc4ccc(S(=O)(=O)O)c5c4C(=O)C(=NNc4ccc(S(=O)(=O)CCOS(=O)(=O)O)cc4)C(S(=O)(=O)O)=C5)n3)c21. The van der Waals surface area contributed by atoms with Crippen molar-refractivity contribution in [2.45, 2.75) is 24.5 Å². The summed E-state index contributed by atoms with van der Waals surface area (Å²) < 4.78 is 272. The number of aromatic nitrogens is 3. The van der Waals surface area contributed by atoms with Gasteiger partial charge in [0, 0.05) is 16.3 Å². The first-order valence-electron chi connectivity index (χ1n) is 21.9. The zero-order valence-corrected chi connectivity index (χ0v) is 48.1. The first-order valence-corrected chi connectivity index (χ1v) is 33.9. The zero-order valence-electron chi connectivity index (χ0n) is 40.8. The molecule has 0 amide bonds. The molecule has 35 nitrogen and oxygen atoms in total. The van der Waals surface area contributed by atoms with Crippen molar-refractivity contribution in [3.8, 4) is 0 Å². The van der Waals surface area contributed by atoms with E-state index in [0.717, 1.165) is 60.7 Å². The van der Waals surface area contributed by atoms with Gasteiger partial charge in [0.2, 0.25) is 28.7 Å². The molecule has 0 atom stereocenters. The van der Waals surface area contributed by atoms with Crippen LogP contribution in [0.2, 0.25) is 5.28 Å². The van der Waals surface area contributed by atoms with Crippen molar-refractivity contribution in [2.24, 2.45) is 10.2 Å². The van der Waals surface area contributed by atoms with Crippen LogP contribution in [-0.4, -0.2) is 150 Å². The molecule has 0 radical (unpaired) electrons. The quantitative estimate of drug-likeness (QED) is 0.0410. The van der Waals surface area contributed by atoms with E-state index in [4.69, 9.17) is 16.2 Å². The molecule has 0 saturated heterocycles. The average Bonchev–Trinajstić information content (AvgIpc) is 1.18. The lowest BCUT2D eigenvalue weighted by atomic mass is 9.92. The third kappa shape index (κ3) is 13.9. The van der Waals surface area contributed by atoms with E-state index in [2.05, 4.69) is 45.4 Å². The highest BCUT2D eigenvalue weighted by Gasteiger charge is 2.39. The van der Waals surface area contributed by atoms with Crippen LogP contribution < -0.4 is 21.5 Å². The highest BCUT2D eigenvalue weighted by Crippen LogP contribution is 2.39. The van der Waals surface area contributed by atoms with Crippen LogP contribution in [0.15, 0.2) is 123 Å². The lowest BCUT2D eigenvalue weighted by molar-refractivity contribution is 0.105. The third-order valence-electron chi connectivity index (χ3n) is 11.4. The smallest absolute Gasteiger partial charge is 0.323 e. The van der Waals surface area contributed by atoms with Gasteiger partial charge in [0.25, 0.3) is 60.7 Å². The van der Waals surface area contributed by atoms with Crippen LogP contribution >= 0.6 is 11.6 Å². The predicted molar refractivity (Wildman–Crippen MR) is 293 cm³/mol. The van der Waals surface area contributed by atoms with Gasteiger partial charge < -0.3 is 10.6 Å². The van der Waals surface area contributed by atoms with E-state index in [1.165, 1.54) is 0 Å². The Bertz CT molecular complexity index is 5060. The lowest BCUT2D eigenvalue weighted by Gasteiger charge is -2.22. The van der Waals surface area contributed by atoms with Gasteiger partial charge in [-0.15, -0.1) is 0 Å². The van der Waals surface area contributed by atoms with Crippen LogP contribution in [0.1, 0.15) is 31.8 Å². The Morgan fingerprint density at radius 1 is 0.506 bits per heavy atom. The molecule has 85 heavy (non-hydrogen) atoms. The summed E-state index contributed by atoms with van der Waals surface area (Å²) in [5.41, 5.74) is -3.94. The second-order valence-electron chi connectivity index (χ2n) is 16.9. The molecular formula is C41H30ClN9O26S8. The molecule has 0 bridgehead atoms. The highest BCUT2D eigenvalue weighted by atomic mass is 35.5. The zero-order chi connectivity index (χ0) is 62.9. The second-order valence-corrected chi connectivity index (χ2v) is 28.8. The van der Waals surface area contributed by atoms with Gasteiger partial charge >= 0.3 is 10.4 Å². The fourth-order valence-corrected chi connectivity index (χ4v) is 13.7. The molecule has 0 unspecified atom stereocenters. The van der Waals surface area contributed by atoms with Crippen molar-refractivity contribution in [3.05, 3.63) is 116 Å². The molecule has 44 heteroatoms. The molecule has 11 N–H and O–H groups in total. The fraction of sp³-hybridized carbons (Fsp3) is 0.0488. The number of hydrazone groups is 2. The van der Waals surface area contributed by atoms with E-state index in [0.29, 0.717) is 30.4 Å². The summed E-state index contributed by atoms with van der Waals surface area (Å²) in [5, 5.41) is 10.4. The van der Waals surface area contributed by atoms with Crippen LogP contribution in [0.5, 0.6) is 0 Å². The number of hydrogen-bond donors (Lipinski definition) is 11. The Labute approximate surface area is 482 Å². The molecule has 0 fully saturated rings. The minimum atomic E-state index is -5.63. The summed E-state index contributed by atoms with van der Waals surface area (Å²) in [6.07, 6.45) is 0.849. The lowest BCUT2D eigenvalue weighted by Crippen LogP contribution is -2.29. The Balaban J connectivity index is 1.19. The highest BCUT2D eigenvalue weighted by molar-refractivity contribution is 7.92. The number of allylic oxidation sites excluding steroid dienone is 2. The minimum absolute atomic E-state index is 0.199. The van der Waals surface area contributed by atoms with Crippen molar-refractivity contribution < 1.29 is 113 Å². The van der Waals surface area contributed by atoms with E-state index < -0.39 is 218 Å². The van der Waals surface area contributed by atoms with E-state index >= 15 is 0 Å². The number of halogens is 1. The number of anilines is 6. The van der Waals surface area contributed by atoms with Gasteiger partial charge in [-0.25, -0.2) is 12.6 Å². The second kappa shape index (κ2) is 22.3. The summed E-state index contributed by atoms with van der Waals surface area (Å²) in [5.74, 6) is -5.69. The average molecular weight is 1360 g/mol. The summed E-state index contributed by atoms with van der Waals surface area (Å²) in [6, 6.07) is 10.8. The molecular weight excluding hydrogens is 1330 g/mol. The van der Waals surface area contributed by atoms with Gasteiger partial charge in [-0.1, -0.05) is 18.2 Å². The Morgan fingerprint density at radius 2 is 1.06 bits per heavy atom. The number of benzene rings is 5. The molecule has 450 valence electrons. The molecule has 1 aromatic heterocycles. The van der Waals surface area contributed by atoms with Crippen LogP contribution in [0.25, 0.3) is 22.9 Å². The standard InChI is InChI=1S/C41H30ClN9O26S8/c42-39-45-40(43-25-10-11-29(81(62,63)64)24-17-31(83(68,69)70)35(37(53)33(24)25)50-48-19-4-6-20(7-5-19)78(54,55)13-12-77-85(74,75)76)47-41(46-39)44-27-16-21(79(56,57)58)14-18-15-30(82(65,66)67)34(36(52)32(18)27)51-49-26-9-8-22-23(38(26)84(71,72)73)2-1-3-28(22)80(59,60)61/h1-11,14-17,48-49H,12-13H2,(H,56,57,58)(H,59,60,61)(H,62,63,64)(H,65,66,67)(H,68,69,70)(H,71,72,73)(H,74,75,76)(H2,43,44,45,46,47). The van der Waals surface area contributed by atoms with Gasteiger partial charge in [-0.05, 0) is 90.0 Å². The number of Topliss-reactive ketones (excluding diaryl/α,β-unsaturated/α-hetero) is 2. The Kier molecular flexibility index (Phi) is 16.6. The summed E-state index contributed by atoms with van der Waals surface area (Å²) in [6.45, 7) is -0.990. The van der Waals surface area contributed by atoms with E-state index in [1.807, 2.05) is 5.43 Å². The largest absolute Gasteiger partial charge is 0.397 e. The van der Waals surface area contributed by atoms with Crippen LogP contribution in [0, 0.1) is 0 Å². The number of nitrogens with one attached hydrogen (secondary N) is 4. The topological polar surface area (TPSA) is 570 Å². The van der Waals surface area contributed by atoms with Crippen LogP contribution in [-0.2, 0) is 85.1 Å². The minimum Gasteiger partial charge on any atom is -0.323 e. The van der Waals surface area contributed by atoms with Crippen molar-refractivity contribution >= 4 is 173 Å². The van der Waals surface area contributed by atoms with E-state index in [9.17, 15) is 104 Å². The number of carbonyl (C=O) groups is 2. The molecule has 0 spiro atoms. The summed E-state index contributed by atoms with van der Waals surface area (Å²) in [7, 11) is -41.7. The van der Waals surface area contributed by atoms with Gasteiger partial charge in [-0.2, -0.15) is 84.1 Å². The molecule has 8 rings (SSSR count). The van der Waals surface area contributed by atoms with Gasteiger partial charge in [0.15, 0.2) is 21.3 Å². The van der Waals surface area contributed by atoms with Crippen molar-refractivity contribution in [2.75, 3.05) is 33.8 Å². The van der Waals surface area contributed by atoms with Crippen molar-refractivity contribution in [3.63, 3.8) is 0 Å². The number of hydrogen-bond acceptors (Lipinski definition) is 28. The molecule has 2 aliphatic carbocycles. The van der Waals surface area contributed by atoms with Gasteiger partial charge in [-0.3, -0.25) is 52.3 Å².